The second kappa shape index (κ2) is 9.05. The van der Waals surface area contributed by atoms with Crippen LogP contribution >= 0.6 is 7.82 Å². The van der Waals surface area contributed by atoms with Crippen molar-refractivity contribution in [3.8, 4) is 0 Å². The Morgan fingerprint density at radius 1 is 1.43 bits per heavy atom. The fraction of sp³-hybridized carbons (Fsp3) is 0.600. The zero-order chi connectivity index (χ0) is 15.8. The molecule has 1 aliphatic heterocycles. The number of aliphatic hydroxyl groups excluding tert-OH is 1. The number of rotatable bonds is 4. The van der Waals surface area contributed by atoms with Crippen LogP contribution in [0.3, 0.4) is 0 Å². The van der Waals surface area contributed by atoms with E-state index in [4.69, 9.17) is 14.5 Å². The molecule has 0 amide bonds. The summed E-state index contributed by atoms with van der Waals surface area (Å²) < 4.78 is 21.4. The van der Waals surface area contributed by atoms with Crippen molar-refractivity contribution in [1.82, 2.24) is 9.55 Å². The maximum atomic E-state index is 11.7. The molecule has 1 saturated heterocycles. The molecule has 1 unspecified atom stereocenters. The predicted octanol–water partition coefficient (Wildman–Crippen LogP) is -1.40. The number of aryl methyl sites for hydroxylation is 1. The topological polar surface area (TPSA) is 151 Å². The molecule has 0 aromatic carbocycles. The van der Waals surface area contributed by atoms with Crippen LogP contribution in [-0.2, 0) is 58.6 Å². The summed E-state index contributed by atoms with van der Waals surface area (Å²) in [7, 11) is -4.67. The van der Waals surface area contributed by atoms with Crippen LogP contribution in [0.1, 0.15) is 18.2 Å². The van der Waals surface area contributed by atoms with E-state index >= 15 is 0 Å². The number of aromatic amines is 1. The van der Waals surface area contributed by atoms with Crippen LogP contribution in [-0.4, -0.2) is 43.3 Å². The Balaban J connectivity index is 0.00000242. The van der Waals surface area contributed by atoms with Crippen LogP contribution in [0.4, 0.5) is 0 Å². The third-order valence-electron chi connectivity index (χ3n) is 3.07. The molecular weight excluding hydrogens is 523 g/mol. The van der Waals surface area contributed by atoms with Gasteiger partial charge in [0.2, 0.25) is 0 Å². The normalized spacial score (nSPS) is 23.9. The van der Waals surface area contributed by atoms with Crippen molar-refractivity contribution >= 4 is 7.82 Å². The van der Waals surface area contributed by atoms with E-state index in [1.807, 2.05) is 0 Å². The molecule has 140 valence electrons. The Labute approximate surface area is 161 Å². The van der Waals surface area contributed by atoms with Crippen molar-refractivity contribution in [2.45, 2.75) is 31.8 Å². The van der Waals surface area contributed by atoms with Crippen LogP contribution in [0.5, 0.6) is 0 Å². The molecule has 2 heterocycles. The standard InChI is InChI=1S/C10H15N2O8P.2Ag/c1-5-3-12(10(15)11-9(5)14)8-2-6(13)7(20-8)4-19-21(16,17)18;;/h3,6-8,13H,2,4H2,1H3,(H,11,14,15)(H2,16,17,18);;/t6?,7-,8-;;/m1../s1. The molecule has 4 N–H and O–H groups in total. The first-order valence-electron chi connectivity index (χ1n) is 6.03. The molecule has 1 aromatic rings. The van der Waals surface area contributed by atoms with Gasteiger partial charge in [0.1, 0.15) is 12.3 Å². The molecular formula is C10H15Ag2N2O8P. The Morgan fingerprint density at radius 3 is 2.61 bits per heavy atom. The number of H-pyrrole nitrogens is 1. The molecule has 10 nitrogen and oxygen atoms in total. The van der Waals surface area contributed by atoms with Crippen molar-refractivity contribution in [1.29, 1.82) is 0 Å². The van der Waals surface area contributed by atoms with Crippen molar-refractivity contribution in [3.05, 3.63) is 32.6 Å². The summed E-state index contributed by atoms with van der Waals surface area (Å²) in [5, 5.41) is 9.79. The van der Waals surface area contributed by atoms with Gasteiger partial charge in [-0.05, 0) is 6.92 Å². The summed E-state index contributed by atoms with van der Waals surface area (Å²) in [5.41, 5.74) is -0.918. The monoisotopic (exact) mass is 536 g/mol. The van der Waals surface area contributed by atoms with E-state index < -0.39 is 44.1 Å². The van der Waals surface area contributed by atoms with Gasteiger partial charge in [-0.15, -0.1) is 0 Å². The summed E-state index contributed by atoms with van der Waals surface area (Å²) in [5.74, 6) is 0. The van der Waals surface area contributed by atoms with Crippen LogP contribution in [0.25, 0.3) is 0 Å². The van der Waals surface area contributed by atoms with E-state index in [0.29, 0.717) is 5.56 Å². The number of hydrogen-bond donors (Lipinski definition) is 4. The first-order chi connectivity index (χ1) is 9.67. The SMILES string of the molecule is Cc1cn([C@H]2CC(O)[C@@H](COP(=O)(O)O)O2)c(=O)[nH]c1=O.[Ag].[Ag]. The number of nitrogens with zero attached hydrogens (tertiary/aromatic N) is 1. The first-order valence-corrected chi connectivity index (χ1v) is 7.56. The largest absolute Gasteiger partial charge is 0.469 e. The van der Waals surface area contributed by atoms with E-state index in [-0.39, 0.29) is 51.2 Å². The summed E-state index contributed by atoms with van der Waals surface area (Å²) in [6.07, 6.45) is -1.57. The minimum Gasteiger partial charge on any atom is -0.390 e. The number of phosphoric ester groups is 1. The van der Waals surface area contributed by atoms with Crippen LogP contribution in [0.15, 0.2) is 15.8 Å². The molecule has 0 spiro atoms. The van der Waals surface area contributed by atoms with Gasteiger partial charge in [-0.3, -0.25) is 18.9 Å². The Morgan fingerprint density at radius 2 is 2.04 bits per heavy atom. The smallest absolute Gasteiger partial charge is 0.390 e. The van der Waals surface area contributed by atoms with Gasteiger partial charge in [-0.1, -0.05) is 0 Å². The molecule has 13 heteroatoms. The number of hydrogen-bond acceptors (Lipinski definition) is 6. The molecule has 0 aliphatic carbocycles. The van der Waals surface area contributed by atoms with Gasteiger partial charge in [0.05, 0.1) is 12.7 Å². The fourth-order valence-corrected chi connectivity index (χ4v) is 2.35. The van der Waals surface area contributed by atoms with Crippen molar-refractivity contribution < 1.29 is 73.5 Å². The zero-order valence-electron chi connectivity index (χ0n) is 11.6. The Bertz CT molecular complexity index is 686. The van der Waals surface area contributed by atoms with Gasteiger partial charge in [0, 0.05) is 62.9 Å². The summed E-state index contributed by atoms with van der Waals surface area (Å²) in [6, 6.07) is 0. The molecule has 2 rings (SSSR count). The van der Waals surface area contributed by atoms with Gasteiger partial charge in [0.15, 0.2) is 0 Å². The number of aliphatic hydroxyl groups is 1. The quantitative estimate of drug-likeness (QED) is 0.270. The summed E-state index contributed by atoms with van der Waals surface area (Å²) >= 11 is 0. The second-order valence-electron chi connectivity index (χ2n) is 4.70. The fourth-order valence-electron chi connectivity index (χ4n) is 2.01. The van der Waals surface area contributed by atoms with Crippen molar-refractivity contribution in [2.24, 2.45) is 0 Å². The van der Waals surface area contributed by atoms with Gasteiger partial charge in [-0.2, -0.15) is 0 Å². The molecule has 1 fully saturated rings. The second-order valence-corrected chi connectivity index (χ2v) is 5.94. The summed E-state index contributed by atoms with van der Waals surface area (Å²) in [6.45, 7) is 0.994. The van der Waals surface area contributed by atoms with E-state index in [9.17, 15) is 19.3 Å². The maximum absolute atomic E-state index is 11.7. The van der Waals surface area contributed by atoms with E-state index in [2.05, 4.69) is 9.51 Å². The summed E-state index contributed by atoms with van der Waals surface area (Å²) in [4.78, 5) is 42.3. The Hall–Kier alpha value is 0.191. The van der Waals surface area contributed by atoms with Gasteiger partial charge in [-0.25, -0.2) is 9.36 Å². The molecule has 0 saturated carbocycles. The molecule has 1 aliphatic rings. The predicted molar refractivity (Wildman–Crippen MR) is 68.6 cm³/mol. The van der Waals surface area contributed by atoms with Gasteiger partial charge in [0.25, 0.3) is 5.56 Å². The molecule has 0 bridgehead atoms. The minimum absolute atomic E-state index is 0. The average molecular weight is 538 g/mol. The Kier molecular flexibility index (Phi) is 9.12. The van der Waals surface area contributed by atoms with Gasteiger partial charge >= 0.3 is 13.5 Å². The molecule has 2 radical (unpaired) electrons. The third-order valence-corrected chi connectivity index (χ3v) is 3.55. The van der Waals surface area contributed by atoms with Crippen LogP contribution in [0.2, 0.25) is 0 Å². The van der Waals surface area contributed by atoms with Crippen molar-refractivity contribution in [2.75, 3.05) is 6.61 Å². The number of nitrogens with one attached hydrogen (secondary N) is 1. The first kappa shape index (κ1) is 23.2. The number of aromatic nitrogens is 2. The number of ether oxygens (including phenoxy) is 1. The third kappa shape index (κ3) is 6.20. The molecule has 1 aromatic heterocycles. The number of phosphoric acid groups is 1. The molecule has 23 heavy (non-hydrogen) atoms. The van der Waals surface area contributed by atoms with E-state index in [0.717, 1.165) is 4.57 Å². The van der Waals surface area contributed by atoms with E-state index in [1.165, 1.54) is 13.1 Å². The maximum Gasteiger partial charge on any atom is 0.469 e. The zero-order valence-corrected chi connectivity index (χ0v) is 15.5. The average Bonchev–Trinajstić information content (AvgIpc) is 2.72. The van der Waals surface area contributed by atoms with Crippen LogP contribution in [0, 0.1) is 6.92 Å². The van der Waals surface area contributed by atoms with Gasteiger partial charge < -0.3 is 19.6 Å². The van der Waals surface area contributed by atoms with Crippen molar-refractivity contribution in [3.63, 3.8) is 0 Å². The minimum atomic E-state index is -4.67. The molecule has 3 atom stereocenters. The van der Waals surface area contributed by atoms with E-state index in [1.54, 1.807) is 0 Å². The van der Waals surface area contributed by atoms with Crippen LogP contribution < -0.4 is 11.2 Å².